The quantitative estimate of drug-likeness (QED) is 0.377. The summed E-state index contributed by atoms with van der Waals surface area (Å²) in [5.41, 5.74) is 2.72. The number of rotatable bonds is 10. The van der Waals surface area contributed by atoms with Crippen LogP contribution in [0, 0.1) is 31.1 Å². The number of hydrogen-bond donors (Lipinski definition) is 1. The molecule has 0 fully saturated rings. The van der Waals surface area contributed by atoms with Crippen LogP contribution in [0.25, 0.3) is 6.08 Å². The van der Waals surface area contributed by atoms with Crippen LogP contribution in [0.1, 0.15) is 44.1 Å². The molecule has 7 heteroatoms. The van der Waals surface area contributed by atoms with E-state index in [0.717, 1.165) is 29.9 Å². The Bertz CT molecular complexity index is 756. The first kappa shape index (κ1) is 23.4. The van der Waals surface area contributed by atoms with Crippen LogP contribution in [0.3, 0.4) is 0 Å². The molecule has 0 saturated heterocycles. The monoisotopic (exact) mass is 389 g/mol. The van der Waals surface area contributed by atoms with Gasteiger partial charge in [0, 0.05) is 31.1 Å². The maximum atomic E-state index is 12.2. The summed E-state index contributed by atoms with van der Waals surface area (Å²) in [6.07, 6.45) is 2.56. The number of methoxy groups -OCH3 is 1. The van der Waals surface area contributed by atoms with E-state index in [1.165, 1.54) is 13.2 Å². The lowest BCUT2D eigenvalue weighted by atomic mass is 10.1. The number of carbonyl (C=O) groups is 2. The largest absolute Gasteiger partial charge is 0.451 e. The molecule has 28 heavy (non-hydrogen) atoms. The fourth-order valence-electron chi connectivity index (χ4n) is 2.81. The van der Waals surface area contributed by atoms with Crippen molar-refractivity contribution in [3.8, 4) is 6.07 Å². The minimum absolute atomic E-state index is 0.137. The summed E-state index contributed by atoms with van der Waals surface area (Å²) >= 11 is 0. The first-order valence-corrected chi connectivity index (χ1v) is 9.43. The molecule has 0 radical (unpaired) electrons. The minimum Gasteiger partial charge on any atom is -0.451 e. The zero-order valence-electron chi connectivity index (χ0n) is 17.7. The summed E-state index contributed by atoms with van der Waals surface area (Å²) in [6, 6.07) is 3.61. The van der Waals surface area contributed by atoms with E-state index in [2.05, 4.69) is 23.7 Å². The number of ether oxygens (including phenoxy) is 2. The van der Waals surface area contributed by atoms with Crippen LogP contribution < -0.4 is 5.32 Å². The van der Waals surface area contributed by atoms with Crippen LogP contribution in [0.2, 0.25) is 0 Å². The summed E-state index contributed by atoms with van der Waals surface area (Å²) in [5, 5.41) is 12.0. The predicted octanol–water partition coefficient (Wildman–Crippen LogP) is 2.75. The number of nitrogens with zero attached hydrogens (tertiary/aromatic N) is 2. The third kappa shape index (κ3) is 7.20. The Morgan fingerprint density at radius 3 is 2.57 bits per heavy atom. The third-order valence-electron chi connectivity index (χ3n) is 4.34. The van der Waals surface area contributed by atoms with Crippen molar-refractivity contribution in [1.82, 2.24) is 9.88 Å². The molecule has 0 spiro atoms. The van der Waals surface area contributed by atoms with E-state index in [0.29, 0.717) is 12.5 Å². The first-order valence-electron chi connectivity index (χ1n) is 9.43. The molecule has 0 aliphatic carbocycles. The van der Waals surface area contributed by atoms with Gasteiger partial charge in [0.1, 0.15) is 11.6 Å². The Kier molecular flexibility index (Phi) is 9.46. The van der Waals surface area contributed by atoms with Gasteiger partial charge in [-0.1, -0.05) is 13.8 Å². The van der Waals surface area contributed by atoms with Crippen LogP contribution in [0.4, 0.5) is 0 Å². The lowest BCUT2D eigenvalue weighted by Crippen LogP contribution is -2.38. The van der Waals surface area contributed by atoms with Crippen molar-refractivity contribution in [2.24, 2.45) is 5.92 Å². The van der Waals surface area contributed by atoms with Crippen molar-refractivity contribution in [3.63, 3.8) is 0 Å². The predicted molar refractivity (Wildman–Crippen MR) is 107 cm³/mol. The normalized spacial score (nSPS) is 12.6. The van der Waals surface area contributed by atoms with Crippen molar-refractivity contribution >= 4 is 18.0 Å². The van der Waals surface area contributed by atoms with Gasteiger partial charge in [-0.2, -0.15) is 5.26 Å². The smallest absolute Gasteiger partial charge is 0.349 e. The SMILES string of the molecule is COCC(C)NC(=O)COC(=O)C(C#N)=Cc1cc(C)n(CCC(C)C)c1C. The first-order chi connectivity index (χ1) is 13.2. The number of aromatic nitrogens is 1. The van der Waals surface area contributed by atoms with Gasteiger partial charge in [-0.05, 0) is 50.8 Å². The maximum Gasteiger partial charge on any atom is 0.349 e. The van der Waals surface area contributed by atoms with Gasteiger partial charge in [-0.3, -0.25) is 4.79 Å². The van der Waals surface area contributed by atoms with E-state index >= 15 is 0 Å². The van der Waals surface area contributed by atoms with Gasteiger partial charge in [0.05, 0.1) is 6.61 Å². The molecule has 1 amide bonds. The summed E-state index contributed by atoms with van der Waals surface area (Å²) < 4.78 is 12.1. The Morgan fingerprint density at radius 1 is 1.32 bits per heavy atom. The molecule has 1 aromatic heterocycles. The highest BCUT2D eigenvalue weighted by molar-refractivity contribution is 5.99. The van der Waals surface area contributed by atoms with E-state index in [1.807, 2.05) is 26.0 Å². The summed E-state index contributed by atoms with van der Waals surface area (Å²) in [6.45, 7) is 10.9. The van der Waals surface area contributed by atoms with Gasteiger partial charge in [0.15, 0.2) is 6.61 Å². The fraction of sp³-hybridized carbons (Fsp3) is 0.571. The molecule has 1 N–H and O–H groups in total. The van der Waals surface area contributed by atoms with Crippen molar-refractivity contribution in [1.29, 1.82) is 5.26 Å². The van der Waals surface area contributed by atoms with E-state index < -0.39 is 18.5 Å². The molecule has 0 aliphatic heterocycles. The Labute approximate surface area is 167 Å². The summed E-state index contributed by atoms with van der Waals surface area (Å²) in [7, 11) is 1.53. The van der Waals surface area contributed by atoms with E-state index in [9.17, 15) is 14.9 Å². The van der Waals surface area contributed by atoms with Crippen molar-refractivity contribution < 1.29 is 19.1 Å². The van der Waals surface area contributed by atoms with Crippen molar-refractivity contribution in [2.45, 2.75) is 53.6 Å². The molecule has 1 aromatic rings. The fourth-order valence-corrected chi connectivity index (χ4v) is 2.81. The molecule has 0 saturated carbocycles. The number of carbonyl (C=O) groups excluding carboxylic acids is 2. The molecule has 1 unspecified atom stereocenters. The highest BCUT2D eigenvalue weighted by Crippen LogP contribution is 2.20. The number of amides is 1. The van der Waals surface area contributed by atoms with E-state index in [-0.39, 0.29) is 11.6 Å². The molecule has 0 bridgehead atoms. The molecule has 1 rings (SSSR count). The van der Waals surface area contributed by atoms with Gasteiger partial charge in [0.25, 0.3) is 5.91 Å². The minimum atomic E-state index is -0.816. The average Bonchev–Trinajstić information content (AvgIpc) is 2.89. The van der Waals surface area contributed by atoms with Gasteiger partial charge in [0.2, 0.25) is 0 Å². The summed E-state index contributed by atoms with van der Waals surface area (Å²) in [5.74, 6) is -0.673. The molecule has 154 valence electrons. The average molecular weight is 389 g/mol. The van der Waals surface area contributed by atoms with Crippen molar-refractivity contribution in [3.05, 3.63) is 28.6 Å². The second-order valence-electron chi connectivity index (χ2n) is 7.33. The molecular weight excluding hydrogens is 358 g/mol. The highest BCUT2D eigenvalue weighted by Gasteiger charge is 2.16. The van der Waals surface area contributed by atoms with Gasteiger partial charge in [-0.15, -0.1) is 0 Å². The Morgan fingerprint density at radius 2 is 2.00 bits per heavy atom. The van der Waals surface area contributed by atoms with E-state index in [4.69, 9.17) is 9.47 Å². The topological polar surface area (TPSA) is 93.3 Å². The standard InChI is InChI=1S/C21H31N3O4/c1-14(2)7-8-24-16(4)9-18(17(24)5)10-19(11-22)21(26)28-13-20(25)23-15(3)12-27-6/h9-10,14-15H,7-8,12-13H2,1-6H3,(H,23,25). The van der Waals surface area contributed by atoms with Crippen LogP contribution in [0.5, 0.6) is 0 Å². The van der Waals surface area contributed by atoms with Crippen LogP contribution in [-0.2, 0) is 25.6 Å². The van der Waals surface area contributed by atoms with Crippen LogP contribution >= 0.6 is 0 Å². The zero-order valence-corrected chi connectivity index (χ0v) is 17.7. The number of hydrogen-bond acceptors (Lipinski definition) is 5. The second kappa shape index (κ2) is 11.3. The number of esters is 1. The molecule has 0 aliphatic rings. The summed E-state index contributed by atoms with van der Waals surface area (Å²) in [4.78, 5) is 24.0. The maximum absolute atomic E-state index is 12.2. The molecule has 1 heterocycles. The Hall–Kier alpha value is -2.59. The van der Waals surface area contributed by atoms with Crippen LogP contribution in [0.15, 0.2) is 11.6 Å². The Balaban J connectivity index is 2.80. The van der Waals surface area contributed by atoms with Gasteiger partial charge in [-0.25, -0.2) is 4.79 Å². The number of aryl methyl sites for hydroxylation is 1. The lowest BCUT2D eigenvalue weighted by molar-refractivity contribution is -0.144. The molecular formula is C21H31N3O4. The number of nitrogens with one attached hydrogen (secondary N) is 1. The molecule has 7 nitrogen and oxygen atoms in total. The molecule has 0 aromatic carbocycles. The second-order valence-corrected chi connectivity index (χ2v) is 7.33. The number of nitriles is 1. The van der Waals surface area contributed by atoms with Gasteiger partial charge < -0.3 is 19.4 Å². The molecule has 1 atom stereocenters. The lowest BCUT2D eigenvalue weighted by Gasteiger charge is -2.12. The zero-order chi connectivity index (χ0) is 21.3. The van der Waals surface area contributed by atoms with Crippen LogP contribution in [-0.4, -0.2) is 42.8 Å². The highest BCUT2D eigenvalue weighted by atomic mass is 16.5. The van der Waals surface area contributed by atoms with Crippen molar-refractivity contribution in [2.75, 3.05) is 20.3 Å². The third-order valence-corrected chi connectivity index (χ3v) is 4.34. The van der Waals surface area contributed by atoms with E-state index in [1.54, 1.807) is 6.92 Å². The van der Waals surface area contributed by atoms with Gasteiger partial charge >= 0.3 is 5.97 Å².